The van der Waals surface area contributed by atoms with Crippen LogP contribution in [0.15, 0.2) is 79.4 Å². The Morgan fingerprint density at radius 2 is 1.45 bits per heavy atom. The summed E-state index contributed by atoms with van der Waals surface area (Å²) in [5.41, 5.74) is 0.829. The summed E-state index contributed by atoms with van der Waals surface area (Å²) in [5.74, 6) is -2.18. The van der Waals surface area contributed by atoms with Crippen molar-refractivity contribution in [1.29, 1.82) is 0 Å². The third kappa shape index (κ3) is 5.62. The summed E-state index contributed by atoms with van der Waals surface area (Å²) in [6.07, 6.45) is 6.38. The van der Waals surface area contributed by atoms with E-state index in [1.807, 2.05) is 36.4 Å². The highest BCUT2D eigenvalue weighted by Gasteiger charge is 2.56. The zero-order valence-electron chi connectivity index (χ0n) is 20.0. The van der Waals surface area contributed by atoms with Crippen molar-refractivity contribution in [2.75, 3.05) is 0 Å². The van der Waals surface area contributed by atoms with Crippen LogP contribution in [0.2, 0.25) is 0 Å². The highest BCUT2D eigenvalue weighted by Crippen LogP contribution is 2.46. The van der Waals surface area contributed by atoms with Gasteiger partial charge in [-0.2, -0.15) is 0 Å². The lowest BCUT2D eigenvalue weighted by Crippen LogP contribution is -2.54. The molecule has 2 aromatic carbocycles. The molecule has 0 bridgehead atoms. The van der Waals surface area contributed by atoms with Gasteiger partial charge in [-0.05, 0) is 35.8 Å². The van der Waals surface area contributed by atoms with E-state index < -0.39 is 23.1 Å². The molecule has 3 rings (SSSR count). The molecular formula is C29H34O4. The van der Waals surface area contributed by atoms with E-state index in [4.69, 9.17) is 9.47 Å². The minimum atomic E-state index is -1.40. The lowest BCUT2D eigenvalue weighted by Gasteiger charge is -2.43. The van der Waals surface area contributed by atoms with Crippen LogP contribution in [-0.4, -0.2) is 17.7 Å². The van der Waals surface area contributed by atoms with Crippen LogP contribution in [0.4, 0.5) is 0 Å². The number of carbonyl (C=O) groups is 2. The molecule has 2 unspecified atom stereocenters. The highest BCUT2D eigenvalue weighted by atomic mass is 16.7. The Balaban J connectivity index is 2.04. The molecule has 4 nitrogen and oxygen atoms in total. The second-order valence-electron chi connectivity index (χ2n) is 9.57. The van der Waals surface area contributed by atoms with E-state index in [0.29, 0.717) is 6.42 Å². The number of hydrogen-bond acceptors (Lipinski definition) is 4. The number of hydrogen-bond donors (Lipinski definition) is 0. The lowest BCUT2D eigenvalue weighted by atomic mass is 9.67. The van der Waals surface area contributed by atoms with Crippen LogP contribution < -0.4 is 0 Å². The van der Waals surface area contributed by atoms with Gasteiger partial charge < -0.3 is 9.47 Å². The van der Waals surface area contributed by atoms with Crippen molar-refractivity contribution in [1.82, 2.24) is 0 Å². The quantitative estimate of drug-likeness (QED) is 0.249. The summed E-state index contributed by atoms with van der Waals surface area (Å²) >= 11 is 0. The second-order valence-corrected chi connectivity index (χ2v) is 9.57. The van der Waals surface area contributed by atoms with Crippen LogP contribution in [-0.2, 0) is 19.1 Å². The Morgan fingerprint density at radius 3 is 1.97 bits per heavy atom. The van der Waals surface area contributed by atoms with Crippen molar-refractivity contribution in [3.05, 3.63) is 90.5 Å². The Morgan fingerprint density at radius 1 is 0.909 bits per heavy atom. The lowest BCUT2D eigenvalue weighted by molar-refractivity contribution is -0.252. The molecule has 1 aliphatic heterocycles. The average Bonchev–Trinajstić information content (AvgIpc) is 2.77. The molecule has 0 aliphatic carbocycles. The fourth-order valence-corrected chi connectivity index (χ4v) is 4.54. The van der Waals surface area contributed by atoms with Crippen LogP contribution in [0.1, 0.15) is 57.6 Å². The summed E-state index contributed by atoms with van der Waals surface area (Å²) in [5, 5.41) is 0. The molecule has 1 heterocycles. The van der Waals surface area contributed by atoms with E-state index in [1.54, 1.807) is 19.9 Å². The van der Waals surface area contributed by atoms with Gasteiger partial charge in [0.05, 0.1) is 0 Å². The standard InChI is InChI=1S/C29H34O4/c1-6-19-29(26(30)32-28(4,5)33-27(29)31)20-25(21(2)3)24(23-15-11-8-12-16-23)18-17-22-13-9-7-10-14-22/h6-18,21,24-25H,1,19-20H2,2-5H3. The first kappa shape index (κ1) is 24.5. The topological polar surface area (TPSA) is 52.6 Å². The first-order valence-corrected chi connectivity index (χ1v) is 11.5. The van der Waals surface area contributed by atoms with Crippen LogP contribution in [0.5, 0.6) is 0 Å². The van der Waals surface area contributed by atoms with Gasteiger partial charge in [-0.1, -0.05) is 92.7 Å². The third-order valence-corrected chi connectivity index (χ3v) is 6.33. The number of ether oxygens (including phenoxy) is 2. The van der Waals surface area contributed by atoms with E-state index in [0.717, 1.165) is 11.1 Å². The van der Waals surface area contributed by atoms with Crippen LogP contribution >= 0.6 is 0 Å². The molecule has 1 aliphatic rings. The van der Waals surface area contributed by atoms with Crippen LogP contribution in [0.25, 0.3) is 6.08 Å². The van der Waals surface area contributed by atoms with E-state index in [9.17, 15) is 9.59 Å². The molecule has 1 saturated heterocycles. The van der Waals surface area contributed by atoms with E-state index in [-0.39, 0.29) is 24.2 Å². The molecule has 33 heavy (non-hydrogen) atoms. The van der Waals surface area contributed by atoms with Gasteiger partial charge in [0.2, 0.25) is 0 Å². The molecule has 2 atom stereocenters. The number of rotatable bonds is 9. The molecule has 174 valence electrons. The average molecular weight is 447 g/mol. The second kappa shape index (κ2) is 10.2. The fraction of sp³-hybridized carbons (Fsp3) is 0.379. The van der Waals surface area contributed by atoms with Crippen LogP contribution in [0, 0.1) is 17.3 Å². The predicted molar refractivity (Wildman–Crippen MR) is 131 cm³/mol. The zero-order chi connectivity index (χ0) is 24.1. The summed E-state index contributed by atoms with van der Waals surface area (Å²) in [6.45, 7) is 11.2. The van der Waals surface area contributed by atoms with Gasteiger partial charge in [-0.3, -0.25) is 9.59 Å². The van der Waals surface area contributed by atoms with Gasteiger partial charge in [0.25, 0.3) is 5.79 Å². The number of carbonyl (C=O) groups excluding carboxylic acids is 2. The van der Waals surface area contributed by atoms with Crippen molar-refractivity contribution in [2.24, 2.45) is 17.3 Å². The minimum Gasteiger partial charge on any atom is -0.422 e. The molecule has 0 amide bonds. The maximum atomic E-state index is 13.2. The Labute approximate surface area is 197 Å². The van der Waals surface area contributed by atoms with Gasteiger partial charge in [0, 0.05) is 19.8 Å². The minimum absolute atomic E-state index is 0.0105. The van der Waals surface area contributed by atoms with Gasteiger partial charge in [0.1, 0.15) is 0 Å². The molecule has 1 fully saturated rings. The molecular weight excluding hydrogens is 412 g/mol. The number of benzene rings is 2. The molecule has 0 radical (unpaired) electrons. The van der Waals surface area contributed by atoms with Crippen molar-refractivity contribution in [3.8, 4) is 0 Å². The summed E-state index contributed by atoms with van der Waals surface area (Å²) in [6, 6.07) is 20.3. The number of esters is 2. The summed E-state index contributed by atoms with van der Waals surface area (Å²) in [4.78, 5) is 26.5. The summed E-state index contributed by atoms with van der Waals surface area (Å²) in [7, 11) is 0. The Hall–Kier alpha value is -3.14. The van der Waals surface area contributed by atoms with E-state index in [1.165, 1.54) is 0 Å². The van der Waals surface area contributed by atoms with Crippen molar-refractivity contribution < 1.29 is 19.1 Å². The third-order valence-electron chi connectivity index (χ3n) is 6.33. The van der Waals surface area contributed by atoms with Gasteiger partial charge in [-0.15, -0.1) is 6.58 Å². The van der Waals surface area contributed by atoms with Crippen molar-refractivity contribution in [3.63, 3.8) is 0 Å². The number of allylic oxidation sites excluding steroid dienone is 2. The van der Waals surface area contributed by atoms with E-state index in [2.05, 4.69) is 56.8 Å². The van der Waals surface area contributed by atoms with E-state index >= 15 is 0 Å². The van der Waals surface area contributed by atoms with Crippen molar-refractivity contribution in [2.45, 2.75) is 52.2 Å². The summed E-state index contributed by atoms with van der Waals surface area (Å²) < 4.78 is 11.1. The van der Waals surface area contributed by atoms with Gasteiger partial charge in [-0.25, -0.2) is 0 Å². The van der Waals surface area contributed by atoms with Crippen molar-refractivity contribution >= 4 is 18.0 Å². The predicted octanol–water partition coefficient (Wildman–Crippen LogP) is 6.54. The normalized spacial score (nSPS) is 19.1. The monoisotopic (exact) mass is 446 g/mol. The number of cyclic esters (lactones) is 2. The largest absolute Gasteiger partial charge is 0.422 e. The Kier molecular flexibility index (Phi) is 7.57. The molecule has 0 aromatic heterocycles. The SMILES string of the molecule is C=CCC1(CC(C(C)C)C(C=Cc2ccccc2)c2ccccc2)C(=O)OC(C)(C)OC1=O. The van der Waals surface area contributed by atoms with Gasteiger partial charge >= 0.3 is 11.9 Å². The van der Waals surface area contributed by atoms with Gasteiger partial charge in [0.15, 0.2) is 5.41 Å². The molecule has 0 saturated carbocycles. The fourth-order valence-electron chi connectivity index (χ4n) is 4.54. The highest BCUT2D eigenvalue weighted by molar-refractivity contribution is 6.02. The molecule has 2 aromatic rings. The smallest absolute Gasteiger partial charge is 0.327 e. The first-order valence-electron chi connectivity index (χ1n) is 11.5. The molecule has 0 spiro atoms. The maximum absolute atomic E-state index is 13.2. The maximum Gasteiger partial charge on any atom is 0.327 e. The molecule has 4 heteroatoms. The Bertz CT molecular complexity index is 969. The first-order chi connectivity index (χ1) is 15.7. The van der Waals surface area contributed by atoms with Crippen LogP contribution in [0.3, 0.4) is 0 Å². The zero-order valence-corrected chi connectivity index (χ0v) is 20.0. The molecule has 0 N–H and O–H groups in total.